The number of carbonyl (C=O) groups is 1. The molecule has 0 bridgehead atoms. The maximum absolute atomic E-state index is 14.3. The van der Waals surface area contributed by atoms with Crippen molar-refractivity contribution in [2.24, 2.45) is 5.92 Å². The molecule has 8 heteroatoms. The van der Waals surface area contributed by atoms with Gasteiger partial charge in [0.05, 0.1) is 18.2 Å². The van der Waals surface area contributed by atoms with Crippen LogP contribution in [-0.2, 0) is 22.5 Å². The summed E-state index contributed by atoms with van der Waals surface area (Å²) in [6.07, 6.45) is -3.42. The highest BCUT2D eigenvalue weighted by Gasteiger charge is 2.45. The molecule has 0 N–H and O–H groups in total. The Morgan fingerprint density at radius 1 is 1.17 bits per heavy atom. The van der Waals surface area contributed by atoms with Crippen molar-refractivity contribution in [1.82, 2.24) is 0 Å². The predicted molar refractivity (Wildman–Crippen MR) is 102 cm³/mol. The fraction of sp³-hybridized carbons (Fsp3) is 0.409. The molecule has 0 saturated heterocycles. The third-order valence-corrected chi connectivity index (χ3v) is 5.54. The highest BCUT2D eigenvalue weighted by atomic mass is 19.4. The second kappa shape index (κ2) is 7.81. The summed E-state index contributed by atoms with van der Waals surface area (Å²) >= 11 is 0. The zero-order chi connectivity index (χ0) is 21.5. The van der Waals surface area contributed by atoms with Crippen LogP contribution in [0.5, 0.6) is 5.75 Å². The van der Waals surface area contributed by atoms with Crippen LogP contribution in [0.25, 0.3) is 0 Å². The average Bonchev–Trinajstić information content (AvgIpc) is 3.49. The van der Waals surface area contributed by atoms with Gasteiger partial charge in [0, 0.05) is 19.2 Å². The molecule has 0 aromatic heterocycles. The Morgan fingerprint density at radius 3 is 2.70 bits per heavy atom. The Kier molecular flexibility index (Phi) is 5.34. The fourth-order valence-electron chi connectivity index (χ4n) is 4.01. The van der Waals surface area contributed by atoms with Gasteiger partial charge in [-0.2, -0.15) is 0 Å². The lowest BCUT2D eigenvalue weighted by atomic mass is 9.95. The molecule has 0 spiro atoms. The van der Waals surface area contributed by atoms with Gasteiger partial charge in [0.1, 0.15) is 11.6 Å². The smallest absolute Gasteiger partial charge is 0.466 e. The van der Waals surface area contributed by atoms with E-state index in [9.17, 15) is 22.4 Å². The number of halogens is 4. The predicted octanol–water partition coefficient (Wildman–Crippen LogP) is 4.95. The van der Waals surface area contributed by atoms with Gasteiger partial charge < -0.3 is 14.4 Å². The Hall–Kier alpha value is -2.77. The molecule has 2 unspecified atom stereocenters. The summed E-state index contributed by atoms with van der Waals surface area (Å²) in [7, 11) is 0. The SMILES string of the molecule is CCOC(=O)C1CC1c1ccc2c(c1)CCN(c1cc(OC(F)(F)F)ccc1F)C2. The van der Waals surface area contributed by atoms with Crippen molar-refractivity contribution >= 4 is 11.7 Å². The first-order valence-electron chi connectivity index (χ1n) is 9.83. The van der Waals surface area contributed by atoms with Crippen molar-refractivity contribution in [2.45, 2.75) is 38.6 Å². The second-order valence-corrected chi connectivity index (χ2v) is 7.56. The van der Waals surface area contributed by atoms with Crippen molar-refractivity contribution in [1.29, 1.82) is 0 Å². The van der Waals surface area contributed by atoms with Crippen LogP contribution in [-0.4, -0.2) is 25.5 Å². The normalized spacial score (nSPS) is 20.5. The zero-order valence-electron chi connectivity index (χ0n) is 16.3. The van der Waals surface area contributed by atoms with Gasteiger partial charge >= 0.3 is 12.3 Å². The molecular weight excluding hydrogens is 402 g/mol. The topological polar surface area (TPSA) is 38.8 Å². The molecule has 0 amide bonds. The quantitative estimate of drug-likeness (QED) is 0.504. The van der Waals surface area contributed by atoms with Crippen molar-refractivity contribution in [3.05, 3.63) is 58.9 Å². The van der Waals surface area contributed by atoms with Gasteiger partial charge in [-0.25, -0.2) is 4.39 Å². The first kappa shape index (κ1) is 20.5. The zero-order valence-corrected chi connectivity index (χ0v) is 16.3. The molecule has 160 valence electrons. The lowest BCUT2D eigenvalue weighted by molar-refractivity contribution is -0.274. The van der Waals surface area contributed by atoms with Gasteiger partial charge in [0.2, 0.25) is 0 Å². The van der Waals surface area contributed by atoms with Gasteiger partial charge in [0.15, 0.2) is 0 Å². The maximum atomic E-state index is 14.3. The van der Waals surface area contributed by atoms with Crippen molar-refractivity contribution in [3.63, 3.8) is 0 Å². The van der Waals surface area contributed by atoms with E-state index >= 15 is 0 Å². The number of fused-ring (bicyclic) bond motifs is 1. The van der Waals surface area contributed by atoms with Crippen LogP contribution in [0.15, 0.2) is 36.4 Å². The molecule has 4 rings (SSSR count). The average molecular weight is 423 g/mol. The monoisotopic (exact) mass is 423 g/mol. The van der Waals surface area contributed by atoms with Crippen molar-refractivity contribution in [3.8, 4) is 5.75 Å². The van der Waals surface area contributed by atoms with E-state index in [1.165, 1.54) is 0 Å². The number of anilines is 1. The van der Waals surface area contributed by atoms with E-state index in [1.54, 1.807) is 11.8 Å². The maximum Gasteiger partial charge on any atom is 0.573 e. The molecule has 1 fully saturated rings. The van der Waals surface area contributed by atoms with E-state index in [2.05, 4.69) is 10.8 Å². The standard InChI is InChI=1S/C22H21F4NO3/c1-2-29-21(28)18-11-17(18)14-3-4-15-12-27(8-7-13(15)9-14)20-10-16(5-6-19(20)23)30-22(24,25)26/h3-6,9-10,17-18H,2,7-8,11-12H2,1H3. The largest absolute Gasteiger partial charge is 0.573 e. The van der Waals surface area contributed by atoms with Gasteiger partial charge in [-0.05, 0) is 54.5 Å². The Labute approximate surface area is 171 Å². The Bertz CT molecular complexity index is 960. The molecule has 1 aliphatic carbocycles. The summed E-state index contributed by atoms with van der Waals surface area (Å²) in [6.45, 7) is 3.00. The highest BCUT2D eigenvalue weighted by molar-refractivity contribution is 5.77. The van der Waals surface area contributed by atoms with E-state index in [1.807, 2.05) is 12.1 Å². The number of hydrogen-bond acceptors (Lipinski definition) is 4. The van der Waals surface area contributed by atoms with E-state index in [0.717, 1.165) is 41.3 Å². The molecule has 30 heavy (non-hydrogen) atoms. The fourth-order valence-corrected chi connectivity index (χ4v) is 4.01. The van der Waals surface area contributed by atoms with E-state index in [4.69, 9.17) is 4.74 Å². The number of nitrogens with zero attached hydrogens (tertiary/aromatic N) is 1. The molecule has 1 heterocycles. The van der Waals surface area contributed by atoms with Crippen LogP contribution in [0.1, 0.15) is 36.0 Å². The minimum atomic E-state index is -4.83. The molecule has 2 atom stereocenters. The summed E-state index contributed by atoms with van der Waals surface area (Å²) in [4.78, 5) is 13.6. The number of hydrogen-bond donors (Lipinski definition) is 0. The van der Waals surface area contributed by atoms with E-state index in [-0.39, 0.29) is 23.5 Å². The van der Waals surface area contributed by atoms with Crippen LogP contribution in [0.3, 0.4) is 0 Å². The van der Waals surface area contributed by atoms with Crippen LogP contribution < -0.4 is 9.64 Å². The lowest BCUT2D eigenvalue weighted by Crippen LogP contribution is -2.31. The summed E-state index contributed by atoms with van der Waals surface area (Å²) in [5.41, 5.74) is 3.27. The Morgan fingerprint density at radius 2 is 1.97 bits per heavy atom. The minimum Gasteiger partial charge on any atom is -0.466 e. The third kappa shape index (κ3) is 4.37. The number of alkyl halides is 3. The molecule has 2 aliphatic rings. The summed E-state index contributed by atoms with van der Waals surface area (Å²) < 4.78 is 60.8. The molecule has 4 nitrogen and oxygen atoms in total. The summed E-state index contributed by atoms with van der Waals surface area (Å²) in [6, 6.07) is 9.02. The van der Waals surface area contributed by atoms with Crippen LogP contribution in [0, 0.1) is 11.7 Å². The lowest BCUT2D eigenvalue weighted by Gasteiger charge is -2.31. The van der Waals surface area contributed by atoms with Gasteiger partial charge in [-0.1, -0.05) is 18.2 Å². The van der Waals surface area contributed by atoms with Gasteiger partial charge in [-0.3, -0.25) is 4.79 Å². The number of rotatable bonds is 5. The first-order valence-corrected chi connectivity index (χ1v) is 9.83. The van der Waals surface area contributed by atoms with Gasteiger partial charge in [0.25, 0.3) is 0 Å². The Balaban J connectivity index is 1.49. The second-order valence-electron chi connectivity index (χ2n) is 7.56. The van der Waals surface area contributed by atoms with Gasteiger partial charge in [-0.15, -0.1) is 13.2 Å². The first-order chi connectivity index (χ1) is 14.2. The number of benzene rings is 2. The van der Waals surface area contributed by atoms with E-state index in [0.29, 0.717) is 26.1 Å². The van der Waals surface area contributed by atoms with Crippen molar-refractivity contribution in [2.75, 3.05) is 18.1 Å². The molecule has 2 aromatic carbocycles. The summed E-state index contributed by atoms with van der Waals surface area (Å²) in [5, 5.41) is 0. The van der Waals surface area contributed by atoms with Crippen LogP contribution in [0.4, 0.5) is 23.2 Å². The number of esters is 1. The molecule has 1 aliphatic heterocycles. The molecule has 1 saturated carbocycles. The van der Waals surface area contributed by atoms with E-state index < -0.39 is 17.9 Å². The number of ether oxygens (including phenoxy) is 2. The third-order valence-electron chi connectivity index (χ3n) is 5.54. The van der Waals surface area contributed by atoms with Crippen LogP contribution >= 0.6 is 0 Å². The van der Waals surface area contributed by atoms with Crippen LogP contribution in [0.2, 0.25) is 0 Å². The van der Waals surface area contributed by atoms with Crippen molar-refractivity contribution < 1.29 is 31.8 Å². The molecular formula is C22H21F4NO3. The molecule has 2 aromatic rings. The minimum absolute atomic E-state index is 0.0797. The summed E-state index contributed by atoms with van der Waals surface area (Å²) in [5.74, 6) is -1.13. The highest BCUT2D eigenvalue weighted by Crippen LogP contribution is 2.48. The molecule has 0 radical (unpaired) electrons. The number of carbonyl (C=O) groups excluding carboxylic acids is 1.